The molecule has 0 heterocycles. The summed E-state index contributed by atoms with van der Waals surface area (Å²) in [7, 11) is 1.62. The van der Waals surface area contributed by atoms with E-state index in [2.05, 4.69) is 25.2 Å². The van der Waals surface area contributed by atoms with Crippen LogP contribution in [0.5, 0.6) is 5.75 Å². The number of amides is 2. The van der Waals surface area contributed by atoms with Gasteiger partial charge in [0.15, 0.2) is 0 Å². The van der Waals surface area contributed by atoms with Gasteiger partial charge >= 0.3 is 0 Å². The molecule has 2 aromatic rings. The second-order valence-corrected chi connectivity index (χ2v) is 8.54. The number of benzene rings is 2. The second-order valence-electron chi connectivity index (χ2n) is 8.54. The Hall–Kier alpha value is -2.82. The van der Waals surface area contributed by atoms with Gasteiger partial charge in [0.05, 0.1) is 13.5 Å². The molecular formula is C26H36N2O3. The largest absolute Gasteiger partial charge is 0.497 e. The molecule has 0 aliphatic rings. The zero-order valence-corrected chi connectivity index (χ0v) is 19.7. The van der Waals surface area contributed by atoms with E-state index in [9.17, 15) is 9.59 Å². The van der Waals surface area contributed by atoms with Gasteiger partial charge in [0.2, 0.25) is 11.8 Å². The molecule has 0 aliphatic heterocycles. The Bertz CT molecular complexity index is 892. The number of ether oxygens (including phenoxy) is 1. The monoisotopic (exact) mass is 424 g/mol. The predicted molar refractivity (Wildman–Crippen MR) is 125 cm³/mol. The third kappa shape index (κ3) is 7.12. The summed E-state index contributed by atoms with van der Waals surface area (Å²) in [5.74, 6) is 0.923. The van der Waals surface area contributed by atoms with Crippen molar-refractivity contribution in [1.82, 2.24) is 10.2 Å². The summed E-state index contributed by atoms with van der Waals surface area (Å²) in [6.45, 7) is 11.0. The molecule has 2 rings (SSSR count). The number of hydrogen-bond donors (Lipinski definition) is 1. The Labute approximate surface area is 186 Å². The van der Waals surface area contributed by atoms with Crippen LogP contribution in [0.15, 0.2) is 42.5 Å². The summed E-state index contributed by atoms with van der Waals surface area (Å²) in [6, 6.07) is 13.3. The van der Waals surface area contributed by atoms with Crippen molar-refractivity contribution in [2.45, 2.75) is 60.0 Å². The minimum Gasteiger partial charge on any atom is -0.497 e. The molecule has 0 aliphatic carbocycles. The number of methoxy groups -OCH3 is 1. The van der Waals surface area contributed by atoms with Crippen LogP contribution < -0.4 is 10.1 Å². The van der Waals surface area contributed by atoms with Crippen molar-refractivity contribution >= 4 is 11.8 Å². The Kier molecular flexibility index (Phi) is 9.10. The van der Waals surface area contributed by atoms with E-state index >= 15 is 0 Å². The lowest BCUT2D eigenvalue weighted by atomic mass is 10.0. The van der Waals surface area contributed by atoms with E-state index in [4.69, 9.17) is 4.74 Å². The van der Waals surface area contributed by atoms with E-state index in [1.807, 2.05) is 57.2 Å². The SMILES string of the molecule is CC[C@H](C(=O)NCC(C)C)N(Cc1cccc(OC)c1)C(=O)Cc1cc(C)ccc1C. The maximum atomic E-state index is 13.5. The van der Waals surface area contributed by atoms with Crippen LogP contribution in [0, 0.1) is 19.8 Å². The van der Waals surface area contributed by atoms with E-state index in [1.165, 1.54) is 0 Å². The molecule has 2 aromatic carbocycles. The molecule has 0 aromatic heterocycles. The molecule has 0 radical (unpaired) electrons. The first-order valence-corrected chi connectivity index (χ1v) is 11.0. The van der Waals surface area contributed by atoms with Crippen LogP contribution in [0.2, 0.25) is 0 Å². The third-order valence-corrected chi connectivity index (χ3v) is 5.40. The first-order chi connectivity index (χ1) is 14.7. The maximum absolute atomic E-state index is 13.5. The topological polar surface area (TPSA) is 58.6 Å². The summed E-state index contributed by atoms with van der Waals surface area (Å²) in [5.41, 5.74) is 4.13. The van der Waals surface area contributed by atoms with E-state index in [1.54, 1.807) is 12.0 Å². The van der Waals surface area contributed by atoms with Gasteiger partial charge in [-0.3, -0.25) is 9.59 Å². The highest BCUT2D eigenvalue weighted by molar-refractivity contribution is 5.88. The molecule has 0 unspecified atom stereocenters. The Balaban J connectivity index is 2.33. The number of aryl methyl sites for hydroxylation is 2. The molecule has 0 saturated heterocycles. The normalized spacial score (nSPS) is 11.8. The number of nitrogens with one attached hydrogen (secondary N) is 1. The fourth-order valence-corrected chi connectivity index (χ4v) is 3.56. The second kappa shape index (κ2) is 11.5. The van der Waals surface area contributed by atoms with Crippen LogP contribution in [0.25, 0.3) is 0 Å². The van der Waals surface area contributed by atoms with E-state index in [-0.39, 0.29) is 18.2 Å². The Morgan fingerprint density at radius 2 is 1.84 bits per heavy atom. The van der Waals surface area contributed by atoms with Gasteiger partial charge in [0.25, 0.3) is 0 Å². The lowest BCUT2D eigenvalue weighted by Gasteiger charge is -2.31. The average Bonchev–Trinajstić information content (AvgIpc) is 2.74. The van der Waals surface area contributed by atoms with Gasteiger partial charge in [-0.05, 0) is 55.0 Å². The van der Waals surface area contributed by atoms with Gasteiger partial charge in [-0.25, -0.2) is 0 Å². The molecule has 0 bridgehead atoms. The molecular weight excluding hydrogens is 388 g/mol. The first-order valence-electron chi connectivity index (χ1n) is 11.0. The van der Waals surface area contributed by atoms with Crippen molar-refractivity contribution in [3.63, 3.8) is 0 Å². The Morgan fingerprint density at radius 1 is 1.10 bits per heavy atom. The third-order valence-electron chi connectivity index (χ3n) is 5.40. The number of hydrogen-bond acceptors (Lipinski definition) is 3. The quantitative estimate of drug-likeness (QED) is 0.614. The van der Waals surface area contributed by atoms with Gasteiger partial charge in [-0.2, -0.15) is 0 Å². The summed E-state index contributed by atoms with van der Waals surface area (Å²) >= 11 is 0. The summed E-state index contributed by atoms with van der Waals surface area (Å²) in [4.78, 5) is 28.2. The number of carbonyl (C=O) groups excluding carboxylic acids is 2. The number of rotatable bonds is 10. The van der Waals surface area contributed by atoms with Gasteiger partial charge in [-0.1, -0.05) is 56.7 Å². The maximum Gasteiger partial charge on any atom is 0.242 e. The lowest BCUT2D eigenvalue weighted by Crippen LogP contribution is -2.50. The molecule has 0 spiro atoms. The molecule has 5 heteroatoms. The van der Waals surface area contributed by atoms with Gasteiger partial charge < -0.3 is 15.0 Å². The molecule has 2 amide bonds. The highest BCUT2D eigenvalue weighted by atomic mass is 16.5. The van der Waals surface area contributed by atoms with Crippen molar-refractivity contribution in [2.75, 3.05) is 13.7 Å². The van der Waals surface area contributed by atoms with Crippen LogP contribution >= 0.6 is 0 Å². The number of carbonyl (C=O) groups is 2. The summed E-state index contributed by atoms with van der Waals surface area (Å²) in [6.07, 6.45) is 0.817. The minimum absolute atomic E-state index is 0.0527. The molecule has 31 heavy (non-hydrogen) atoms. The van der Waals surface area contributed by atoms with Crippen LogP contribution in [0.1, 0.15) is 49.4 Å². The van der Waals surface area contributed by atoms with Crippen molar-refractivity contribution in [2.24, 2.45) is 5.92 Å². The molecule has 1 atom stereocenters. The van der Waals surface area contributed by atoms with Crippen molar-refractivity contribution < 1.29 is 14.3 Å². The van der Waals surface area contributed by atoms with Crippen LogP contribution in [-0.4, -0.2) is 36.4 Å². The van der Waals surface area contributed by atoms with Crippen LogP contribution in [0.3, 0.4) is 0 Å². The van der Waals surface area contributed by atoms with E-state index in [0.717, 1.165) is 28.0 Å². The van der Waals surface area contributed by atoms with Crippen LogP contribution in [0.4, 0.5) is 0 Å². The van der Waals surface area contributed by atoms with Crippen molar-refractivity contribution in [3.05, 3.63) is 64.7 Å². The molecule has 0 fully saturated rings. The van der Waals surface area contributed by atoms with Gasteiger partial charge in [0.1, 0.15) is 11.8 Å². The van der Waals surface area contributed by atoms with Gasteiger partial charge in [0, 0.05) is 13.1 Å². The molecule has 5 nitrogen and oxygen atoms in total. The zero-order chi connectivity index (χ0) is 23.0. The standard InChI is InChI=1S/C26H36N2O3/c1-7-24(26(30)27-16-18(2)3)28(17-21-9-8-10-23(14-21)31-6)25(29)15-22-13-19(4)11-12-20(22)5/h8-14,18,24H,7,15-17H2,1-6H3,(H,27,30)/t24-/m1/s1. The fraction of sp³-hybridized carbons (Fsp3) is 0.462. The fourth-order valence-electron chi connectivity index (χ4n) is 3.56. The first kappa shape index (κ1) is 24.4. The number of nitrogens with zero attached hydrogens (tertiary/aromatic N) is 1. The average molecular weight is 425 g/mol. The lowest BCUT2D eigenvalue weighted by molar-refractivity contribution is -0.141. The smallest absolute Gasteiger partial charge is 0.242 e. The van der Waals surface area contributed by atoms with Crippen molar-refractivity contribution in [3.8, 4) is 5.75 Å². The summed E-state index contributed by atoms with van der Waals surface area (Å²) in [5, 5.41) is 3.00. The van der Waals surface area contributed by atoms with Gasteiger partial charge in [-0.15, -0.1) is 0 Å². The van der Waals surface area contributed by atoms with Crippen LogP contribution in [-0.2, 0) is 22.6 Å². The zero-order valence-electron chi connectivity index (χ0n) is 19.7. The highest BCUT2D eigenvalue weighted by Crippen LogP contribution is 2.19. The highest BCUT2D eigenvalue weighted by Gasteiger charge is 2.29. The summed E-state index contributed by atoms with van der Waals surface area (Å²) < 4.78 is 5.34. The Morgan fingerprint density at radius 3 is 2.48 bits per heavy atom. The van der Waals surface area contributed by atoms with E-state index in [0.29, 0.717) is 25.4 Å². The van der Waals surface area contributed by atoms with E-state index < -0.39 is 6.04 Å². The molecule has 0 saturated carbocycles. The predicted octanol–water partition coefficient (Wildman–Crippen LogP) is 4.43. The van der Waals surface area contributed by atoms with Crippen molar-refractivity contribution in [1.29, 1.82) is 0 Å². The minimum atomic E-state index is -0.525. The molecule has 1 N–H and O–H groups in total. The molecule has 168 valence electrons.